The van der Waals surface area contributed by atoms with Gasteiger partial charge in [-0.1, -0.05) is 57.8 Å². The number of hydrogen-bond donors (Lipinski definition) is 4. The van der Waals surface area contributed by atoms with Crippen molar-refractivity contribution in [2.75, 3.05) is 0 Å². The van der Waals surface area contributed by atoms with Gasteiger partial charge in [-0.2, -0.15) is 0 Å². The van der Waals surface area contributed by atoms with E-state index < -0.39 is 0 Å². The Morgan fingerprint density at radius 3 is 0.882 bits per heavy atom. The number of hydrogen-bond acceptors (Lipinski definition) is 4. The summed E-state index contributed by atoms with van der Waals surface area (Å²) >= 11 is 0. The molecule has 0 heterocycles. The molecule has 4 heteroatoms. The largest absolute Gasteiger partial charge is 0.316 e. The van der Waals surface area contributed by atoms with E-state index in [0.29, 0.717) is 0 Å². The fourth-order valence-corrected chi connectivity index (χ4v) is 2.00. The lowest BCUT2D eigenvalue weighted by Crippen LogP contribution is -2.29. The number of unbranched alkanes of at least 4 members (excludes halogenated alkanes) is 8. The molecule has 0 aromatic carbocycles. The summed E-state index contributed by atoms with van der Waals surface area (Å²) < 4.78 is 0. The van der Waals surface area contributed by atoms with Crippen LogP contribution in [0.2, 0.25) is 0 Å². The Morgan fingerprint density at radius 2 is 0.647 bits per heavy atom. The van der Waals surface area contributed by atoms with Gasteiger partial charge < -0.3 is 22.9 Å². The van der Waals surface area contributed by atoms with Crippen molar-refractivity contribution >= 4 is 0 Å². The molecule has 0 aromatic heterocycles. The van der Waals surface area contributed by atoms with Crippen LogP contribution in [0.4, 0.5) is 0 Å². The third-order valence-corrected chi connectivity index (χ3v) is 3.07. The minimum atomic E-state index is -0.121. The molecule has 0 aliphatic rings. The maximum atomic E-state index is 5.48. The average molecular weight is 244 g/mol. The Labute approximate surface area is 106 Å². The van der Waals surface area contributed by atoms with Gasteiger partial charge in [0.1, 0.15) is 0 Å². The van der Waals surface area contributed by atoms with Crippen LogP contribution in [0, 0.1) is 0 Å². The topological polar surface area (TPSA) is 104 Å². The van der Waals surface area contributed by atoms with Gasteiger partial charge in [-0.05, 0) is 12.8 Å². The second-order valence-electron chi connectivity index (χ2n) is 5.09. The molecule has 0 rings (SSSR count). The van der Waals surface area contributed by atoms with Gasteiger partial charge in [-0.3, -0.25) is 0 Å². The summed E-state index contributed by atoms with van der Waals surface area (Å²) in [5.41, 5.74) is 21.9. The summed E-state index contributed by atoms with van der Waals surface area (Å²) in [5, 5.41) is 0. The zero-order valence-corrected chi connectivity index (χ0v) is 11.2. The van der Waals surface area contributed by atoms with Gasteiger partial charge in [0.25, 0.3) is 0 Å². The van der Waals surface area contributed by atoms with Crippen LogP contribution in [0.5, 0.6) is 0 Å². The minimum absolute atomic E-state index is 0.121. The highest BCUT2D eigenvalue weighted by Gasteiger charge is 1.96. The maximum absolute atomic E-state index is 5.48. The van der Waals surface area contributed by atoms with Crippen LogP contribution in [0.25, 0.3) is 0 Å². The number of nitrogens with two attached hydrogens (primary N) is 4. The van der Waals surface area contributed by atoms with Crippen LogP contribution in [0.3, 0.4) is 0 Å². The van der Waals surface area contributed by atoms with Crippen LogP contribution in [0.1, 0.15) is 70.6 Å². The Morgan fingerprint density at radius 1 is 0.412 bits per heavy atom. The maximum Gasteiger partial charge on any atom is 0.0520 e. The molecule has 104 valence electrons. The minimum Gasteiger partial charge on any atom is -0.316 e. The van der Waals surface area contributed by atoms with Crippen molar-refractivity contribution in [2.24, 2.45) is 22.9 Å². The van der Waals surface area contributed by atoms with E-state index in [4.69, 9.17) is 22.9 Å². The molecule has 0 aromatic rings. The molecule has 0 fully saturated rings. The predicted octanol–water partition coefficient (Wildman–Crippen LogP) is 1.76. The lowest BCUT2D eigenvalue weighted by Gasteiger charge is -2.05. The van der Waals surface area contributed by atoms with Gasteiger partial charge in [0.05, 0.1) is 12.3 Å². The molecule has 0 bridgehead atoms. The molecule has 0 aliphatic heterocycles. The summed E-state index contributed by atoms with van der Waals surface area (Å²) in [6.07, 6.45) is 13.2. The SMILES string of the molecule is NC(N)CCCCCCCCCCCC(N)N. The van der Waals surface area contributed by atoms with E-state index in [1.807, 2.05) is 0 Å². The number of rotatable bonds is 12. The van der Waals surface area contributed by atoms with Gasteiger partial charge >= 0.3 is 0 Å². The van der Waals surface area contributed by atoms with Gasteiger partial charge in [0.15, 0.2) is 0 Å². The molecule has 17 heavy (non-hydrogen) atoms. The first-order valence-corrected chi connectivity index (χ1v) is 7.15. The molecule has 0 saturated carbocycles. The molecule has 0 atom stereocenters. The van der Waals surface area contributed by atoms with E-state index in [1.165, 1.54) is 57.8 Å². The van der Waals surface area contributed by atoms with Crippen LogP contribution in [-0.2, 0) is 0 Å². The van der Waals surface area contributed by atoms with Crippen molar-refractivity contribution in [1.82, 2.24) is 0 Å². The summed E-state index contributed by atoms with van der Waals surface area (Å²) in [6, 6.07) is 0. The first-order chi connectivity index (χ1) is 8.13. The van der Waals surface area contributed by atoms with Crippen molar-refractivity contribution < 1.29 is 0 Å². The third kappa shape index (κ3) is 15.8. The second kappa shape index (κ2) is 12.3. The quantitative estimate of drug-likeness (QED) is 0.310. The summed E-state index contributed by atoms with van der Waals surface area (Å²) in [5.74, 6) is 0. The van der Waals surface area contributed by atoms with E-state index in [1.54, 1.807) is 0 Å². The van der Waals surface area contributed by atoms with E-state index in [0.717, 1.165) is 12.8 Å². The molecule has 8 N–H and O–H groups in total. The average Bonchev–Trinajstić information content (AvgIpc) is 2.25. The highest BCUT2D eigenvalue weighted by Crippen LogP contribution is 2.11. The zero-order chi connectivity index (χ0) is 12.9. The van der Waals surface area contributed by atoms with E-state index >= 15 is 0 Å². The molecule has 0 aliphatic carbocycles. The fourth-order valence-electron chi connectivity index (χ4n) is 2.00. The van der Waals surface area contributed by atoms with Crippen LogP contribution < -0.4 is 22.9 Å². The Balaban J connectivity index is 2.94. The zero-order valence-electron chi connectivity index (χ0n) is 11.2. The Hall–Kier alpha value is -0.160. The lowest BCUT2D eigenvalue weighted by atomic mass is 10.1. The molecule has 0 unspecified atom stereocenters. The molecule has 0 radical (unpaired) electrons. The second-order valence-corrected chi connectivity index (χ2v) is 5.09. The normalized spacial score (nSPS) is 11.6. The smallest absolute Gasteiger partial charge is 0.0520 e. The monoisotopic (exact) mass is 244 g/mol. The third-order valence-electron chi connectivity index (χ3n) is 3.07. The standard InChI is InChI=1S/C13H32N4/c14-12(15)10-8-6-4-2-1-3-5-7-9-11-13(16)17/h12-13H,1-11,14-17H2. The van der Waals surface area contributed by atoms with Gasteiger partial charge in [0, 0.05) is 0 Å². The molecule has 0 saturated heterocycles. The van der Waals surface area contributed by atoms with Gasteiger partial charge in [-0.15, -0.1) is 0 Å². The van der Waals surface area contributed by atoms with Crippen LogP contribution in [0.15, 0.2) is 0 Å². The highest BCUT2D eigenvalue weighted by atomic mass is 14.8. The lowest BCUT2D eigenvalue weighted by molar-refractivity contribution is 0.515. The highest BCUT2D eigenvalue weighted by molar-refractivity contribution is 4.54. The van der Waals surface area contributed by atoms with Crippen molar-refractivity contribution in [3.63, 3.8) is 0 Å². The van der Waals surface area contributed by atoms with Gasteiger partial charge in [0.2, 0.25) is 0 Å². The van der Waals surface area contributed by atoms with E-state index in [2.05, 4.69) is 0 Å². The summed E-state index contributed by atoms with van der Waals surface area (Å²) in [6.45, 7) is 0. The predicted molar refractivity (Wildman–Crippen MR) is 75.1 cm³/mol. The van der Waals surface area contributed by atoms with Crippen LogP contribution in [-0.4, -0.2) is 12.3 Å². The van der Waals surface area contributed by atoms with Crippen molar-refractivity contribution in [3.8, 4) is 0 Å². The summed E-state index contributed by atoms with van der Waals surface area (Å²) in [4.78, 5) is 0. The Bertz CT molecular complexity index is 132. The van der Waals surface area contributed by atoms with Crippen molar-refractivity contribution in [3.05, 3.63) is 0 Å². The van der Waals surface area contributed by atoms with Crippen molar-refractivity contribution in [2.45, 2.75) is 83.0 Å². The van der Waals surface area contributed by atoms with E-state index in [-0.39, 0.29) is 12.3 Å². The first-order valence-electron chi connectivity index (χ1n) is 7.15. The van der Waals surface area contributed by atoms with Gasteiger partial charge in [-0.25, -0.2) is 0 Å². The summed E-state index contributed by atoms with van der Waals surface area (Å²) in [7, 11) is 0. The molecular weight excluding hydrogens is 212 g/mol. The van der Waals surface area contributed by atoms with Crippen molar-refractivity contribution in [1.29, 1.82) is 0 Å². The molecule has 0 amide bonds. The molecule has 0 spiro atoms. The Kier molecular flexibility index (Phi) is 12.2. The fraction of sp³-hybridized carbons (Fsp3) is 1.00. The first kappa shape index (κ1) is 16.8. The molecular formula is C13H32N4. The molecule has 4 nitrogen and oxygen atoms in total. The van der Waals surface area contributed by atoms with E-state index in [9.17, 15) is 0 Å². The van der Waals surface area contributed by atoms with Crippen LogP contribution >= 0.6 is 0 Å².